The summed E-state index contributed by atoms with van der Waals surface area (Å²) in [6.07, 6.45) is 87.0. The summed E-state index contributed by atoms with van der Waals surface area (Å²) in [7, 11) is 5.88. The maximum absolute atomic E-state index is 12.9. The highest BCUT2D eigenvalue weighted by Crippen LogP contribution is 2.12. The summed E-state index contributed by atoms with van der Waals surface area (Å²) in [6, 6.07) is 0. The molecule has 0 rings (SSSR count). The molecule has 0 spiro atoms. The number of nitrogens with zero attached hydrogens (tertiary/aromatic N) is 1. The van der Waals surface area contributed by atoms with Gasteiger partial charge in [-0.2, -0.15) is 0 Å². The molecule has 2 unspecified atom stereocenters. The topological polar surface area (TPSA) is 111 Å². The molecule has 0 saturated heterocycles. The zero-order valence-corrected chi connectivity index (χ0v) is 50.9. The minimum atomic E-state index is -1.65. The van der Waals surface area contributed by atoms with Gasteiger partial charge in [0.25, 0.3) is 0 Å². The largest absolute Gasteiger partial charge is 0.545 e. The molecule has 0 fully saturated rings. The first-order valence-electron chi connectivity index (χ1n) is 30.8. The average molecular weight is 1110 g/mol. The summed E-state index contributed by atoms with van der Waals surface area (Å²) in [6.45, 7) is 4.51. The Kier molecular flexibility index (Phi) is 55.8. The van der Waals surface area contributed by atoms with E-state index in [1.807, 2.05) is 21.1 Å². The van der Waals surface area contributed by atoms with Crippen LogP contribution in [0.25, 0.3) is 0 Å². The molecule has 448 valence electrons. The normalized spacial score (nSPS) is 14.0. The van der Waals surface area contributed by atoms with Crippen LogP contribution in [0.5, 0.6) is 0 Å². The number of hydrogen-bond donors (Lipinski definition) is 0. The molecule has 9 heteroatoms. The van der Waals surface area contributed by atoms with E-state index >= 15 is 0 Å². The van der Waals surface area contributed by atoms with Crippen LogP contribution in [-0.2, 0) is 33.3 Å². The number of unbranched alkanes of at least 4 members (excludes halogenated alkanes) is 11. The fourth-order valence-electron chi connectivity index (χ4n) is 7.49. The van der Waals surface area contributed by atoms with Crippen molar-refractivity contribution in [2.24, 2.45) is 0 Å². The number of carboxylic acids is 1. The van der Waals surface area contributed by atoms with Crippen molar-refractivity contribution in [2.75, 3.05) is 47.5 Å². The molecule has 0 aromatic heterocycles. The van der Waals surface area contributed by atoms with E-state index in [9.17, 15) is 19.5 Å². The van der Waals surface area contributed by atoms with Crippen LogP contribution in [0.2, 0.25) is 0 Å². The Morgan fingerprint density at radius 1 is 0.388 bits per heavy atom. The van der Waals surface area contributed by atoms with Gasteiger partial charge < -0.3 is 33.3 Å². The highest BCUT2D eigenvalue weighted by Gasteiger charge is 2.22. The molecule has 0 aliphatic carbocycles. The Labute approximate surface area is 488 Å². The second-order valence-electron chi connectivity index (χ2n) is 20.9. The molecule has 0 aliphatic heterocycles. The van der Waals surface area contributed by atoms with Gasteiger partial charge in [-0.15, -0.1) is 0 Å². The van der Waals surface area contributed by atoms with Crippen LogP contribution in [0.4, 0.5) is 0 Å². The number of carboxylic acid groups (broad SMARTS) is 1. The number of ether oxygens (including phenoxy) is 4. The lowest BCUT2D eigenvalue weighted by molar-refractivity contribution is -0.870. The zero-order valence-electron chi connectivity index (χ0n) is 50.9. The van der Waals surface area contributed by atoms with Crippen molar-refractivity contribution in [3.05, 3.63) is 170 Å². The molecule has 0 N–H and O–H groups in total. The van der Waals surface area contributed by atoms with Gasteiger partial charge in [-0.3, -0.25) is 9.59 Å². The van der Waals surface area contributed by atoms with Crippen molar-refractivity contribution in [2.45, 2.75) is 212 Å². The van der Waals surface area contributed by atoms with Gasteiger partial charge in [0, 0.05) is 12.8 Å². The van der Waals surface area contributed by atoms with Crippen LogP contribution in [-0.4, -0.2) is 82.3 Å². The maximum atomic E-state index is 12.9. The molecule has 80 heavy (non-hydrogen) atoms. The van der Waals surface area contributed by atoms with Gasteiger partial charge in [-0.1, -0.05) is 223 Å². The molecule has 0 amide bonds. The van der Waals surface area contributed by atoms with Gasteiger partial charge in [0.15, 0.2) is 12.4 Å². The maximum Gasteiger partial charge on any atom is 0.306 e. The number of likely N-dealkylation sites (N-methyl/N-ethyl adjacent to an activating group) is 1. The molecule has 0 saturated carbocycles. The first-order chi connectivity index (χ1) is 39.1. The van der Waals surface area contributed by atoms with Gasteiger partial charge in [-0.25, -0.2) is 0 Å². The van der Waals surface area contributed by atoms with E-state index in [1.54, 1.807) is 0 Å². The SMILES string of the molecule is CC/C=C\C/C=C\C/C=C\C/C=C\C/C=C\C/C=C\C/C=C\C/C=C\C/C=C\C/C=C\C/C=C\C/C=C\CCCCC(=O)OC(COC(=O)CCCCCCC/C=C\C/C=C\CCCCCC)COC(OCC[N+](C)(C)C)C(=O)[O-]. The summed E-state index contributed by atoms with van der Waals surface area (Å²) < 4.78 is 22.6. The Hall–Kier alpha value is -5.35. The zero-order chi connectivity index (χ0) is 58.3. The fraction of sp³-hybridized carbons (Fsp3) is 0.563. The highest BCUT2D eigenvalue weighted by atomic mass is 16.7. The number of hydrogen-bond acceptors (Lipinski definition) is 8. The van der Waals surface area contributed by atoms with Crippen molar-refractivity contribution >= 4 is 17.9 Å². The molecule has 2 atom stereocenters. The number of allylic oxidation sites excluding steroid dienone is 28. The van der Waals surface area contributed by atoms with Crippen molar-refractivity contribution in [1.29, 1.82) is 0 Å². The summed E-state index contributed by atoms with van der Waals surface area (Å²) >= 11 is 0. The first-order valence-corrected chi connectivity index (χ1v) is 30.8. The summed E-state index contributed by atoms with van der Waals surface area (Å²) in [5, 5.41) is 11.8. The predicted molar refractivity (Wildman–Crippen MR) is 338 cm³/mol. The molecular formula is C71H111NO8. The van der Waals surface area contributed by atoms with Crippen molar-refractivity contribution in [1.82, 2.24) is 0 Å². The first kappa shape index (κ1) is 74.7. The second-order valence-corrected chi connectivity index (χ2v) is 20.9. The minimum Gasteiger partial charge on any atom is -0.545 e. The molecule has 0 bridgehead atoms. The number of rotatable bonds is 54. The quantitative estimate of drug-likeness (QED) is 0.0195. The van der Waals surface area contributed by atoms with E-state index < -0.39 is 30.3 Å². The molecule has 0 aromatic carbocycles. The number of carbonyl (C=O) groups is 3. The molecule has 9 nitrogen and oxygen atoms in total. The third-order valence-electron chi connectivity index (χ3n) is 12.2. The Bertz CT molecular complexity index is 1910. The predicted octanol–water partition coefficient (Wildman–Crippen LogP) is 17.4. The lowest BCUT2D eigenvalue weighted by atomic mass is 10.1. The van der Waals surface area contributed by atoms with E-state index in [1.165, 1.54) is 32.1 Å². The summed E-state index contributed by atoms with van der Waals surface area (Å²) in [5.74, 6) is -2.39. The highest BCUT2D eigenvalue weighted by molar-refractivity contribution is 5.70. The monoisotopic (exact) mass is 1110 g/mol. The van der Waals surface area contributed by atoms with E-state index in [0.29, 0.717) is 23.9 Å². The van der Waals surface area contributed by atoms with E-state index in [4.69, 9.17) is 18.9 Å². The Balaban J connectivity index is 4.33. The molecule has 0 heterocycles. The lowest BCUT2D eigenvalue weighted by Gasteiger charge is -2.26. The van der Waals surface area contributed by atoms with Gasteiger partial charge in [0.05, 0.1) is 40.3 Å². The third-order valence-corrected chi connectivity index (χ3v) is 12.2. The Morgan fingerprint density at radius 2 is 0.713 bits per heavy atom. The van der Waals surface area contributed by atoms with Crippen LogP contribution >= 0.6 is 0 Å². The summed E-state index contributed by atoms with van der Waals surface area (Å²) in [4.78, 5) is 37.3. The van der Waals surface area contributed by atoms with Crippen LogP contribution < -0.4 is 5.11 Å². The van der Waals surface area contributed by atoms with E-state index in [2.05, 4.69) is 184 Å². The molecular weight excluding hydrogens is 995 g/mol. The van der Waals surface area contributed by atoms with E-state index in [0.717, 1.165) is 128 Å². The summed E-state index contributed by atoms with van der Waals surface area (Å²) in [5.41, 5.74) is 0. The number of aliphatic carboxylic acids is 1. The average Bonchev–Trinajstić information content (AvgIpc) is 3.43. The van der Waals surface area contributed by atoms with Gasteiger partial charge >= 0.3 is 11.9 Å². The Morgan fingerprint density at radius 3 is 1.09 bits per heavy atom. The third kappa shape index (κ3) is 60.3. The van der Waals surface area contributed by atoms with E-state index in [-0.39, 0.29) is 32.7 Å². The van der Waals surface area contributed by atoms with Crippen LogP contribution in [0.15, 0.2) is 170 Å². The van der Waals surface area contributed by atoms with Gasteiger partial charge in [-0.05, 0) is 135 Å². The molecule has 0 radical (unpaired) electrons. The van der Waals surface area contributed by atoms with Gasteiger partial charge in [0.2, 0.25) is 0 Å². The number of esters is 2. The van der Waals surface area contributed by atoms with Gasteiger partial charge in [0.1, 0.15) is 13.2 Å². The van der Waals surface area contributed by atoms with Crippen molar-refractivity contribution in [3.63, 3.8) is 0 Å². The molecule has 0 aliphatic rings. The molecule has 0 aromatic rings. The van der Waals surface area contributed by atoms with Crippen molar-refractivity contribution in [3.8, 4) is 0 Å². The lowest BCUT2D eigenvalue weighted by Crippen LogP contribution is -2.44. The number of quaternary nitrogens is 1. The smallest absolute Gasteiger partial charge is 0.306 e. The minimum absolute atomic E-state index is 0.127. The van der Waals surface area contributed by atoms with Crippen LogP contribution in [0, 0.1) is 0 Å². The van der Waals surface area contributed by atoms with Crippen molar-refractivity contribution < 1.29 is 42.9 Å². The fourth-order valence-corrected chi connectivity index (χ4v) is 7.49. The number of carbonyl (C=O) groups excluding carboxylic acids is 3. The van der Waals surface area contributed by atoms with Crippen LogP contribution in [0.1, 0.15) is 200 Å². The standard InChI is InChI=1S/C71H111NO8/c1-6-8-10-12-14-16-18-20-22-24-25-26-27-28-29-30-31-32-33-34-35-36-37-38-39-40-41-42-43-44-45-46-48-50-52-54-56-58-60-62-69(74)80-67(66-79-71(70(75)76)77-64-63-72(3,4)5)65-78-68(73)61-59-57-55-53-51-49-47-23-21-19-17-15-13-11-9-7-2/h8,10,14,16-17,19-20,22-23,25-26,28-29,31-32,34-35,37-38,40-41,43-44,46-48,52,54,67,71H,6-7,9,11-13,15,18,21,24,27,30,33,36,39,42,45,49-51,53,55-66H2,1-5H3/b10-8-,16-14-,19-17-,22-20-,26-25-,29-28-,32-31-,35-34-,38-37-,41-40-,44-43-,47-23-,48-46-,54-52-. The second kappa shape index (κ2) is 59.8. The van der Waals surface area contributed by atoms with Crippen LogP contribution in [0.3, 0.4) is 0 Å².